The van der Waals surface area contributed by atoms with Gasteiger partial charge in [0, 0.05) is 0 Å². The van der Waals surface area contributed by atoms with Gasteiger partial charge in [0.25, 0.3) is 0 Å². The molecule has 106 valence electrons. The van der Waals surface area contributed by atoms with Crippen LogP contribution >= 0.6 is 7.82 Å². The summed E-state index contributed by atoms with van der Waals surface area (Å²) >= 11 is 0. The Hall–Kier alpha value is 1.04. The number of aliphatic hydroxyl groups is 1. The molecule has 5 N–H and O–H groups in total. The minimum absolute atomic E-state index is 0. The van der Waals surface area contributed by atoms with Crippen LogP contribution in [-0.4, -0.2) is 124 Å². The van der Waals surface area contributed by atoms with Crippen LogP contribution in [-0.2, 0) is 23.5 Å². The van der Waals surface area contributed by atoms with Crippen LogP contribution in [0.4, 0.5) is 0 Å². The SMILES string of the molecule is O=C(O)CC(O)(CC(=O)OP(=O)(O)O)C(=O)O.[CaH2].[CaH2]. The Bertz CT molecular complexity index is 391. The number of carboxylic acids is 2. The maximum atomic E-state index is 10.8. The Balaban J connectivity index is -0.00000128. The number of phosphoric ester groups is 1. The standard InChI is InChI=1S/C6H9O10P.2Ca.4H/c7-3(8)1-6(12,5(10)11)2-4(9)16-17(13,14)15;;;;;;/h12H,1-2H2,(H,7,8)(H,10,11)(H2,13,14,15);;;;;;. The second kappa shape index (κ2) is 9.88. The summed E-state index contributed by atoms with van der Waals surface area (Å²) < 4.78 is 13.7. The molecule has 0 saturated heterocycles. The van der Waals surface area contributed by atoms with Crippen molar-refractivity contribution in [2.45, 2.75) is 18.4 Å². The van der Waals surface area contributed by atoms with Gasteiger partial charge in [-0.25, -0.2) is 9.36 Å². The van der Waals surface area contributed by atoms with Crippen LogP contribution in [0.1, 0.15) is 12.8 Å². The molecular formula is C6H13Ca2O10P. The number of hydrogen-bond acceptors (Lipinski definition) is 6. The zero-order valence-corrected chi connectivity index (χ0v) is 9.03. The molecule has 0 rings (SSSR count). The van der Waals surface area contributed by atoms with E-state index in [1.807, 2.05) is 0 Å². The Morgan fingerprint density at radius 3 is 1.74 bits per heavy atom. The first-order valence-electron chi connectivity index (χ1n) is 3.92. The van der Waals surface area contributed by atoms with Crippen LogP contribution in [0, 0.1) is 0 Å². The molecule has 0 aromatic carbocycles. The first-order valence-corrected chi connectivity index (χ1v) is 5.45. The normalized spacial score (nSPS) is 13.2. The molecule has 0 heterocycles. The van der Waals surface area contributed by atoms with E-state index in [-0.39, 0.29) is 75.5 Å². The molecule has 0 aliphatic carbocycles. The third-order valence-electron chi connectivity index (χ3n) is 1.50. The van der Waals surface area contributed by atoms with Crippen LogP contribution in [0.5, 0.6) is 0 Å². The van der Waals surface area contributed by atoms with E-state index in [1.54, 1.807) is 0 Å². The molecular weight excluding hydrogens is 343 g/mol. The van der Waals surface area contributed by atoms with Crippen molar-refractivity contribution in [3.8, 4) is 0 Å². The first-order chi connectivity index (χ1) is 7.46. The van der Waals surface area contributed by atoms with E-state index in [4.69, 9.17) is 20.0 Å². The third-order valence-corrected chi connectivity index (χ3v) is 1.94. The summed E-state index contributed by atoms with van der Waals surface area (Å²) in [4.78, 5) is 48.1. The predicted molar refractivity (Wildman–Crippen MR) is 64.7 cm³/mol. The van der Waals surface area contributed by atoms with Gasteiger partial charge in [0.1, 0.15) is 0 Å². The van der Waals surface area contributed by atoms with Crippen LogP contribution in [0.15, 0.2) is 0 Å². The molecule has 10 nitrogen and oxygen atoms in total. The summed E-state index contributed by atoms with van der Waals surface area (Å²) in [7, 11) is -5.17. The topological polar surface area (TPSA) is 179 Å². The van der Waals surface area contributed by atoms with Crippen LogP contribution in [0.25, 0.3) is 0 Å². The van der Waals surface area contributed by atoms with E-state index in [9.17, 15) is 24.1 Å². The molecule has 1 unspecified atom stereocenters. The van der Waals surface area contributed by atoms with E-state index < -0.39 is 44.2 Å². The summed E-state index contributed by atoms with van der Waals surface area (Å²) in [6, 6.07) is 0. The van der Waals surface area contributed by atoms with Gasteiger partial charge in [-0.05, 0) is 0 Å². The number of carbonyl (C=O) groups excluding carboxylic acids is 1. The first kappa shape index (κ1) is 25.0. The summed E-state index contributed by atoms with van der Waals surface area (Å²) in [5, 5.41) is 26.1. The second-order valence-electron chi connectivity index (χ2n) is 3.04. The van der Waals surface area contributed by atoms with Gasteiger partial charge in [0.2, 0.25) is 0 Å². The van der Waals surface area contributed by atoms with E-state index in [1.165, 1.54) is 0 Å². The summed E-state index contributed by atoms with van der Waals surface area (Å²) in [5.41, 5.74) is -2.99. The van der Waals surface area contributed by atoms with Crippen LogP contribution in [0.2, 0.25) is 0 Å². The number of carboxylic acid groups (broad SMARTS) is 2. The zero-order valence-electron chi connectivity index (χ0n) is 8.14. The number of carbonyl (C=O) groups is 3. The second-order valence-corrected chi connectivity index (χ2v) is 4.20. The van der Waals surface area contributed by atoms with Gasteiger partial charge in [-0.2, -0.15) is 0 Å². The number of phosphoric acid groups is 1. The Morgan fingerprint density at radius 2 is 1.47 bits per heavy atom. The van der Waals surface area contributed by atoms with Gasteiger partial charge < -0.3 is 19.8 Å². The van der Waals surface area contributed by atoms with Crippen molar-refractivity contribution in [2.24, 2.45) is 0 Å². The average molecular weight is 356 g/mol. The van der Waals surface area contributed by atoms with Gasteiger partial charge >= 0.3 is 101 Å². The molecule has 0 radical (unpaired) electrons. The Labute approximate surface area is 166 Å². The van der Waals surface area contributed by atoms with E-state index in [0.717, 1.165) is 0 Å². The molecule has 0 aromatic heterocycles. The van der Waals surface area contributed by atoms with Crippen molar-refractivity contribution in [3.63, 3.8) is 0 Å². The predicted octanol–water partition coefficient (Wildman–Crippen LogP) is -3.53. The van der Waals surface area contributed by atoms with Crippen LogP contribution in [0.3, 0.4) is 0 Å². The number of aliphatic carboxylic acids is 2. The van der Waals surface area contributed by atoms with Gasteiger partial charge in [-0.3, -0.25) is 19.4 Å². The van der Waals surface area contributed by atoms with Crippen LogP contribution < -0.4 is 0 Å². The third kappa shape index (κ3) is 11.4. The van der Waals surface area contributed by atoms with Gasteiger partial charge in [-0.1, -0.05) is 0 Å². The van der Waals surface area contributed by atoms with Gasteiger partial charge in [0.15, 0.2) is 5.60 Å². The molecule has 0 bridgehead atoms. The quantitative estimate of drug-likeness (QED) is 0.236. The van der Waals surface area contributed by atoms with E-state index >= 15 is 0 Å². The van der Waals surface area contributed by atoms with Crippen molar-refractivity contribution >= 4 is 101 Å². The Morgan fingerprint density at radius 1 is 1.05 bits per heavy atom. The molecule has 0 saturated carbocycles. The van der Waals surface area contributed by atoms with E-state index in [0.29, 0.717) is 0 Å². The van der Waals surface area contributed by atoms with Gasteiger partial charge in [-0.15, -0.1) is 0 Å². The molecule has 0 aliphatic heterocycles. The van der Waals surface area contributed by atoms with Crippen molar-refractivity contribution < 1.29 is 48.6 Å². The minimum atomic E-state index is -5.17. The summed E-state index contributed by atoms with van der Waals surface area (Å²) in [6.07, 6.45) is -2.72. The monoisotopic (exact) mass is 356 g/mol. The fraction of sp³-hybridized carbons (Fsp3) is 0.500. The molecule has 0 aromatic rings. The Kier molecular flexibility index (Phi) is 13.0. The zero-order chi connectivity index (χ0) is 13.9. The number of rotatable bonds is 6. The molecule has 1 atom stereocenters. The molecule has 0 amide bonds. The maximum absolute atomic E-state index is 10.8. The van der Waals surface area contributed by atoms with Crippen molar-refractivity contribution in [2.75, 3.05) is 0 Å². The number of hydrogen-bond donors (Lipinski definition) is 5. The van der Waals surface area contributed by atoms with E-state index in [2.05, 4.69) is 4.52 Å². The van der Waals surface area contributed by atoms with Crippen molar-refractivity contribution in [1.29, 1.82) is 0 Å². The van der Waals surface area contributed by atoms with Crippen molar-refractivity contribution in [1.82, 2.24) is 0 Å². The molecule has 0 spiro atoms. The molecule has 0 aliphatic rings. The summed E-state index contributed by atoms with van der Waals surface area (Å²) in [6.45, 7) is 0. The fourth-order valence-electron chi connectivity index (χ4n) is 0.868. The fourth-order valence-corrected chi connectivity index (χ4v) is 1.20. The summed E-state index contributed by atoms with van der Waals surface area (Å²) in [5.74, 6) is -5.47. The van der Waals surface area contributed by atoms with Crippen molar-refractivity contribution in [3.05, 3.63) is 0 Å². The molecule has 0 fully saturated rings. The average Bonchev–Trinajstić information content (AvgIpc) is 1.96. The molecule has 13 heteroatoms. The van der Waals surface area contributed by atoms with Gasteiger partial charge in [0.05, 0.1) is 12.8 Å². The molecule has 19 heavy (non-hydrogen) atoms.